The number of carbonyl (C=O) groups is 1. The zero-order valence-corrected chi connectivity index (χ0v) is 14.3. The van der Waals surface area contributed by atoms with Crippen molar-refractivity contribution in [3.63, 3.8) is 0 Å². The Hall–Kier alpha value is -1.75. The third-order valence-corrected chi connectivity index (χ3v) is 6.09. The van der Waals surface area contributed by atoms with Crippen LogP contribution in [0.2, 0.25) is 0 Å². The number of fused-ring (bicyclic) bond motifs is 1. The van der Waals surface area contributed by atoms with Crippen LogP contribution in [-0.4, -0.2) is 28.0 Å². The topological polar surface area (TPSA) is 38.1 Å². The molecule has 5 heteroatoms. The van der Waals surface area contributed by atoms with Crippen LogP contribution in [0.4, 0.5) is 5.69 Å². The number of hydrogen-bond acceptors (Lipinski definition) is 3. The molecule has 1 aromatic carbocycles. The van der Waals surface area contributed by atoms with Crippen LogP contribution in [-0.2, 0) is 11.8 Å². The van der Waals surface area contributed by atoms with E-state index in [0.717, 1.165) is 24.4 Å². The van der Waals surface area contributed by atoms with Crippen molar-refractivity contribution in [1.82, 2.24) is 9.78 Å². The molecule has 3 atom stereocenters. The molecule has 0 saturated heterocycles. The standard InChI is InChI=1S/C18H21N3OS/c1-12-9-21(16-5-3-4-6-17(16)23-11-12)18(22)15-7-14(15)13-8-19-20(2)10-13/h3-6,8,10,12,14-15H,7,9,11H2,1-2H3/t12?,14-,15+/m0/s1. The predicted molar refractivity (Wildman–Crippen MR) is 92.7 cm³/mol. The summed E-state index contributed by atoms with van der Waals surface area (Å²) in [6, 6.07) is 8.30. The van der Waals surface area contributed by atoms with Crippen LogP contribution in [0.15, 0.2) is 41.6 Å². The third-order valence-electron chi connectivity index (χ3n) is 4.70. The lowest BCUT2D eigenvalue weighted by Crippen LogP contribution is -2.36. The van der Waals surface area contributed by atoms with E-state index >= 15 is 0 Å². The van der Waals surface area contributed by atoms with Gasteiger partial charge in [-0.05, 0) is 36.0 Å². The number of carbonyl (C=O) groups excluding carboxylic acids is 1. The van der Waals surface area contributed by atoms with Crippen LogP contribution in [0.5, 0.6) is 0 Å². The number of hydrogen-bond donors (Lipinski definition) is 0. The van der Waals surface area contributed by atoms with E-state index in [-0.39, 0.29) is 11.8 Å². The van der Waals surface area contributed by atoms with Crippen LogP contribution in [0.25, 0.3) is 0 Å². The highest BCUT2D eigenvalue weighted by Crippen LogP contribution is 2.49. The van der Waals surface area contributed by atoms with Gasteiger partial charge in [-0.25, -0.2) is 0 Å². The first-order valence-electron chi connectivity index (χ1n) is 8.15. The minimum absolute atomic E-state index is 0.113. The van der Waals surface area contributed by atoms with Gasteiger partial charge < -0.3 is 4.90 Å². The van der Waals surface area contributed by atoms with Gasteiger partial charge in [-0.3, -0.25) is 9.48 Å². The van der Waals surface area contributed by atoms with Gasteiger partial charge >= 0.3 is 0 Å². The zero-order valence-electron chi connectivity index (χ0n) is 13.5. The highest BCUT2D eigenvalue weighted by Gasteiger charge is 2.47. The molecule has 0 N–H and O–H groups in total. The number of amides is 1. The molecule has 23 heavy (non-hydrogen) atoms. The molecule has 2 aliphatic rings. The summed E-state index contributed by atoms with van der Waals surface area (Å²) in [5.41, 5.74) is 2.28. The van der Waals surface area contributed by atoms with E-state index in [1.165, 1.54) is 10.5 Å². The molecule has 1 saturated carbocycles. The number of anilines is 1. The number of para-hydroxylation sites is 1. The smallest absolute Gasteiger partial charge is 0.230 e. The van der Waals surface area contributed by atoms with Gasteiger partial charge in [0.05, 0.1) is 11.9 Å². The quantitative estimate of drug-likeness (QED) is 0.849. The number of benzene rings is 1. The van der Waals surface area contributed by atoms with E-state index in [0.29, 0.717) is 11.8 Å². The first-order valence-corrected chi connectivity index (χ1v) is 9.14. The summed E-state index contributed by atoms with van der Waals surface area (Å²) in [6.07, 6.45) is 4.88. The van der Waals surface area contributed by atoms with Crippen LogP contribution >= 0.6 is 11.8 Å². The summed E-state index contributed by atoms with van der Waals surface area (Å²) in [6.45, 7) is 3.05. The lowest BCUT2D eigenvalue weighted by molar-refractivity contribution is -0.120. The first-order chi connectivity index (χ1) is 11.1. The largest absolute Gasteiger partial charge is 0.311 e. The summed E-state index contributed by atoms with van der Waals surface area (Å²) < 4.78 is 1.81. The maximum Gasteiger partial charge on any atom is 0.230 e. The number of nitrogens with zero attached hydrogens (tertiary/aromatic N) is 3. The van der Waals surface area contributed by atoms with Gasteiger partial charge in [-0.2, -0.15) is 5.10 Å². The van der Waals surface area contributed by atoms with Crippen LogP contribution in [0, 0.1) is 11.8 Å². The lowest BCUT2D eigenvalue weighted by Gasteiger charge is -2.24. The van der Waals surface area contributed by atoms with E-state index < -0.39 is 0 Å². The Labute approximate surface area is 140 Å². The molecule has 1 aliphatic heterocycles. The summed E-state index contributed by atoms with van der Waals surface area (Å²) >= 11 is 1.86. The second kappa shape index (κ2) is 5.71. The number of thioether (sulfide) groups is 1. The van der Waals surface area contributed by atoms with E-state index in [1.54, 1.807) is 0 Å². The second-order valence-electron chi connectivity index (χ2n) is 6.73. The zero-order chi connectivity index (χ0) is 16.0. The molecule has 2 aromatic rings. The SMILES string of the molecule is CC1CSc2ccccc2N(C(=O)[C@@H]2C[C@H]2c2cnn(C)c2)C1. The van der Waals surface area contributed by atoms with Crippen LogP contribution < -0.4 is 4.90 Å². The lowest BCUT2D eigenvalue weighted by atomic mass is 10.1. The molecule has 2 heterocycles. The molecule has 4 rings (SSSR count). The van der Waals surface area contributed by atoms with Gasteiger partial charge in [-0.1, -0.05) is 19.1 Å². The molecule has 1 unspecified atom stereocenters. The summed E-state index contributed by atoms with van der Waals surface area (Å²) in [7, 11) is 1.92. The molecule has 1 amide bonds. The molecular weight excluding hydrogens is 306 g/mol. The van der Waals surface area contributed by atoms with Crippen molar-refractivity contribution in [3.05, 3.63) is 42.2 Å². The second-order valence-corrected chi connectivity index (χ2v) is 7.79. The highest BCUT2D eigenvalue weighted by molar-refractivity contribution is 7.99. The fourth-order valence-electron chi connectivity index (χ4n) is 3.37. The van der Waals surface area contributed by atoms with Gasteiger partial charge in [0, 0.05) is 36.4 Å². The fraction of sp³-hybridized carbons (Fsp3) is 0.444. The maximum absolute atomic E-state index is 13.1. The number of aryl methyl sites for hydroxylation is 1. The summed E-state index contributed by atoms with van der Waals surface area (Å²) in [5.74, 6) is 2.31. The number of rotatable bonds is 2. The molecule has 4 nitrogen and oxygen atoms in total. The molecular formula is C18H21N3OS. The molecule has 0 radical (unpaired) electrons. The van der Waals surface area contributed by atoms with E-state index in [4.69, 9.17) is 0 Å². The van der Waals surface area contributed by atoms with Crippen LogP contribution in [0.1, 0.15) is 24.8 Å². The van der Waals surface area contributed by atoms with Gasteiger partial charge in [0.15, 0.2) is 0 Å². The Kier molecular flexibility index (Phi) is 3.68. The Morgan fingerprint density at radius 2 is 2.17 bits per heavy atom. The third kappa shape index (κ3) is 2.78. The van der Waals surface area contributed by atoms with Gasteiger partial charge in [0.2, 0.25) is 5.91 Å². The van der Waals surface area contributed by atoms with Crippen molar-refractivity contribution < 1.29 is 4.79 Å². The Balaban J connectivity index is 1.58. The Morgan fingerprint density at radius 3 is 2.96 bits per heavy atom. The average Bonchev–Trinajstić information content (AvgIpc) is 3.27. The fourth-order valence-corrected chi connectivity index (χ4v) is 4.44. The molecule has 0 spiro atoms. The molecule has 1 aromatic heterocycles. The molecule has 120 valence electrons. The monoisotopic (exact) mass is 327 g/mol. The van der Waals surface area contributed by atoms with E-state index in [2.05, 4.69) is 30.2 Å². The molecule has 1 fully saturated rings. The Bertz CT molecular complexity index is 741. The van der Waals surface area contributed by atoms with Gasteiger partial charge in [0.25, 0.3) is 0 Å². The van der Waals surface area contributed by atoms with Gasteiger partial charge in [0.1, 0.15) is 0 Å². The normalized spacial score (nSPS) is 26.5. The summed E-state index contributed by atoms with van der Waals surface area (Å²) in [4.78, 5) is 16.4. The summed E-state index contributed by atoms with van der Waals surface area (Å²) in [5, 5.41) is 4.24. The van der Waals surface area contributed by atoms with Crippen molar-refractivity contribution in [3.8, 4) is 0 Å². The van der Waals surface area contributed by atoms with Crippen molar-refractivity contribution in [2.75, 3.05) is 17.2 Å². The van der Waals surface area contributed by atoms with Crippen molar-refractivity contribution in [2.24, 2.45) is 18.9 Å². The van der Waals surface area contributed by atoms with Crippen LogP contribution in [0.3, 0.4) is 0 Å². The minimum Gasteiger partial charge on any atom is -0.311 e. The van der Waals surface area contributed by atoms with Crippen molar-refractivity contribution in [1.29, 1.82) is 0 Å². The Morgan fingerprint density at radius 1 is 1.35 bits per heavy atom. The van der Waals surface area contributed by atoms with E-state index in [1.807, 2.05) is 46.9 Å². The highest BCUT2D eigenvalue weighted by atomic mass is 32.2. The maximum atomic E-state index is 13.1. The average molecular weight is 327 g/mol. The predicted octanol–water partition coefficient (Wildman–Crippen LogP) is 3.30. The minimum atomic E-state index is 0.113. The number of aromatic nitrogens is 2. The van der Waals surface area contributed by atoms with Crippen molar-refractivity contribution in [2.45, 2.75) is 24.2 Å². The van der Waals surface area contributed by atoms with Gasteiger partial charge in [-0.15, -0.1) is 11.8 Å². The first kappa shape index (κ1) is 14.8. The van der Waals surface area contributed by atoms with Crippen molar-refractivity contribution >= 4 is 23.4 Å². The molecule has 0 bridgehead atoms. The molecule has 1 aliphatic carbocycles. The van der Waals surface area contributed by atoms with E-state index in [9.17, 15) is 4.79 Å².